The SMILES string of the molecule is C=CCNC(=S)OCC[NH+]1CCCC[C@@H]1c1cccnc1. The molecule has 0 radical (unpaired) electrons. The number of piperidine rings is 1. The van der Waals surface area contributed by atoms with Crippen LogP contribution in [-0.2, 0) is 4.74 Å². The molecule has 2 heterocycles. The van der Waals surface area contributed by atoms with Crippen molar-refractivity contribution in [2.75, 3.05) is 26.2 Å². The molecule has 5 heteroatoms. The zero-order chi connectivity index (χ0) is 14.9. The third kappa shape index (κ3) is 5.10. The average molecular weight is 306 g/mol. The Morgan fingerprint density at radius 2 is 2.48 bits per heavy atom. The average Bonchev–Trinajstić information content (AvgIpc) is 2.54. The quantitative estimate of drug-likeness (QED) is 0.613. The molecule has 2 rings (SSSR count). The standard InChI is InChI=1S/C16H23N3OS/c1-2-8-18-16(21)20-12-11-19-10-4-3-7-15(19)14-6-5-9-17-13-14/h2,5-6,9,13,15H,1,3-4,7-8,10-12H2,(H,18,21)/p+1/t15-/m1/s1. The molecule has 21 heavy (non-hydrogen) atoms. The lowest BCUT2D eigenvalue weighted by Gasteiger charge is -2.32. The topological polar surface area (TPSA) is 38.6 Å². The summed E-state index contributed by atoms with van der Waals surface area (Å²) in [6, 6.07) is 4.73. The highest BCUT2D eigenvalue weighted by atomic mass is 32.1. The molecular weight excluding hydrogens is 282 g/mol. The van der Waals surface area contributed by atoms with Crippen molar-refractivity contribution in [1.29, 1.82) is 0 Å². The maximum Gasteiger partial charge on any atom is 0.257 e. The lowest BCUT2D eigenvalue weighted by molar-refractivity contribution is -0.937. The molecule has 114 valence electrons. The predicted molar refractivity (Wildman–Crippen MR) is 88.3 cm³/mol. The Balaban J connectivity index is 1.82. The summed E-state index contributed by atoms with van der Waals surface area (Å²) in [7, 11) is 0. The summed E-state index contributed by atoms with van der Waals surface area (Å²) in [5.74, 6) is 0. The minimum atomic E-state index is 0.462. The van der Waals surface area contributed by atoms with E-state index in [1.165, 1.54) is 31.4 Å². The second kappa shape index (κ2) is 8.74. The maximum atomic E-state index is 5.57. The number of aromatic nitrogens is 1. The Bertz CT molecular complexity index is 452. The van der Waals surface area contributed by atoms with E-state index in [0.717, 1.165) is 6.54 Å². The first kappa shape index (κ1) is 15.9. The monoisotopic (exact) mass is 306 g/mol. The summed E-state index contributed by atoms with van der Waals surface area (Å²) in [4.78, 5) is 5.82. The fraction of sp³-hybridized carbons (Fsp3) is 0.500. The number of nitrogens with zero attached hydrogens (tertiary/aromatic N) is 1. The normalized spacial score (nSPS) is 21.5. The van der Waals surface area contributed by atoms with Crippen molar-refractivity contribution in [3.63, 3.8) is 0 Å². The van der Waals surface area contributed by atoms with Crippen LogP contribution in [0.4, 0.5) is 0 Å². The van der Waals surface area contributed by atoms with Crippen LogP contribution in [0.2, 0.25) is 0 Å². The van der Waals surface area contributed by atoms with E-state index in [0.29, 0.717) is 24.4 Å². The summed E-state index contributed by atoms with van der Waals surface area (Å²) >= 11 is 5.11. The molecule has 4 nitrogen and oxygen atoms in total. The van der Waals surface area contributed by atoms with Gasteiger partial charge in [0.2, 0.25) is 0 Å². The van der Waals surface area contributed by atoms with Crippen LogP contribution < -0.4 is 10.2 Å². The van der Waals surface area contributed by atoms with Gasteiger partial charge in [0.1, 0.15) is 19.2 Å². The molecular formula is C16H24N3OS+. The lowest BCUT2D eigenvalue weighted by atomic mass is 9.96. The van der Waals surface area contributed by atoms with Gasteiger partial charge in [-0.3, -0.25) is 4.98 Å². The number of ether oxygens (including phenoxy) is 1. The predicted octanol–water partition coefficient (Wildman–Crippen LogP) is 1.27. The van der Waals surface area contributed by atoms with Crippen LogP contribution in [-0.4, -0.2) is 36.4 Å². The van der Waals surface area contributed by atoms with Crippen LogP contribution in [0.3, 0.4) is 0 Å². The Morgan fingerprint density at radius 1 is 1.57 bits per heavy atom. The van der Waals surface area contributed by atoms with Gasteiger partial charge in [0.05, 0.1) is 6.54 Å². The van der Waals surface area contributed by atoms with E-state index in [1.807, 2.05) is 18.5 Å². The van der Waals surface area contributed by atoms with E-state index in [-0.39, 0.29) is 0 Å². The molecule has 1 aliphatic rings. The van der Waals surface area contributed by atoms with Crippen LogP contribution in [0.25, 0.3) is 0 Å². The second-order valence-electron chi connectivity index (χ2n) is 5.30. The molecule has 1 unspecified atom stereocenters. The highest BCUT2D eigenvalue weighted by molar-refractivity contribution is 7.80. The molecule has 2 atom stereocenters. The summed E-state index contributed by atoms with van der Waals surface area (Å²) in [6.45, 7) is 7.09. The first-order valence-corrected chi connectivity index (χ1v) is 7.98. The van der Waals surface area contributed by atoms with E-state index >= 15 is 0 Å². The summed E-state index contributed by atoms with van der Waals surface area (Å²) < 4.78 is 5.57. The molecule has 2 N–H and O–H groups in total. The molecule has 0 aliphatic carbocycles. The van der Waals surface area contributed by atoms with Gasteiger partial charge in [-0.2, -0.15) is 0 Å². The number of pyridine rings is 1. The van der Waals surface area contributed by atoms with Gasteiger partial charge in [0.25, 0.3) is 5.17 Å². The van der Waals surface area contributed by atoms with Crippen molar-refractivity contribution >= 4 is 17.4 Å². The molecule has 1 aromatic rings. The fourth-order valence-corrected chi connectivity index (χ4v) is 3.01. The molecule has 0 saturated carbocycles. The Hall–Kier alpha value is -1.46. The highest BCUT2D eigenvalue weighted by Gasteiger charge is 2.27. The van der Waals surface area contributed by atoms with E-state index in [1.54, 1.807) is 11.0 Å². The number of nitrogens with one attached hydrogen (secondary N) is 2. The number of hydrogen-bond donors (Lipinski definition) is 2. The Kier molecular flexibility index (Phi) is 6.63. The van der Waals surface area contributed by atoms with Crippen LogP contribution in [0, 0.1) is 0 Å². The number of thiocarbonyl (C=S) groups is 1. The van der Waals surface area contributed by atoms with E-state index < -0.39 is 0 Å². The van der Waals surface area contributed by atoms with Gasteiger partial charge < -0.3 is 15.0 Å². The molecule has 0 bridgehead atoms. The van der Waals surface area contributed by atoms with E-state index in [4.69, 9.17) is 17.0 Å². The zero-order valence-electron chi connectivity index (χ0n) is 12.4. The maximum absolute atomic E-state index is 5.57. The van der Waals surface area contributed by atoms with Gasteiger partial charge in [-0.25, -0.2) is 0 Å². The largest absolute Gasteiger partial charge is 0.465 e. The molecule has 1 saturated heterocycles. The third-order valence-corrected chi connectivity index (χ3v) is 4.13. The lowest BCUT2D eigenvalue weighted by Crippen LogP contribution is -3.13. The molecule has 0 spiro atoms. The summed E-state index contributed by atoms with van der Waals surface area (Å²) in [5.41, 5.74) is 1.33. The van der Waals surface area contributed by atoms with Gasteiger partial charge in [-0.05, 0) is 31.1 Å². The first-order chi connectivity index (χ1) is 10.3. The van der Waals surface area contributed by atoms with Gasteiger partial charge in [-0.1, -0.05) is 12.1 Å². The number of likely N-dealkylation sites (tertiary alicyclic amines) is 1. The highest BCUT2D eigenvalue weighted by Crippen LogP contribution is 2.18. The van der Waals surface area contributed by atoms with Gasteiger partial charge in [0.15, 0.2) is 0 Å². The van der Waals surface area contributed by atoms with E-state index in [2.05, 4.69) is 22.9 Å². The van der Waals surface area contributed by atoms with Crippen LogP contribution in [0.5, 0.6) is 0 Å². The van der Waals surface area contributed by atoms with Gasteiger partial charge in [0, 0.05) is 30.9 Å². The number of rotatable bonds is 6. The third-order valence-electron chi connectivity index (χ3n) is 3.87. The smallest absolute Gasteiger partial charge is 0.257 e. The van der Waals surface area contributed by atoms with Crippen molar-refractivity contribution in [2.24, 2.45) is 0 Å². The first-order valence-electron chi connectivity index (χ1n) is 7.57. The number of hydrogen-bond acceptors (Lipinski definition) is 3. The molecule has 1 aliphatic heterocycles. The van der Waals surface area contributed by atoms with Crippen LogP contribution in [0.1, 0.15) is 30.9 Å². The van der Waals surface area contributed by atoms with Crippen LogP contribution >= 0.6 is 12.2 Å². The van der Waals surface area contributed by atoms with Gasteiger partial charge in [-0.15, -0.1) is 6.58 Å². The van der Waals surface area contributed by atoms with Crippen molar-refractivity contribution in [3.8, 4) is 0 Å². The summed E-state index contributed by atoms with van der Waals surface area (Å²) in [6.07, 6.45) is 9.39. The molecule has 1 fully saturated rings. The minimum absolute atomic E-state index is 0.462. The van der Waals surface area contributed by atoms with Crippen molar-refractivity contribution in [1.82, 2.24) is 10.3 Å². The Morgan fingerprint density at radius 3 is 3.24 bits per heavy atom. The Labute approximate surface area is 132 Å². The number of quaternary nitrogens is 1. The molecule has 1 aromatic heterocycles. The van der Waals surface area contributed by atoms with E-state index in [9.17, 15) is 0 Å². The summed E-state index contributed by atoms with van der Waals surface area (Å²) in [5, 5.41) is 3.45. The fourth-order valence-electron chi connectivity index (χ4n) is 2.84. The van der Waals surface area contributed by atoms with Crippen molar-refractivity contribution in [3.05, 3.63) is 42.7 Å². The zero-order valence-corrected chi connectivity index (χ0v) is 13.2. The van der Waals surface area contributed by atoms with Gasteiger partial charge >= 0.3 is 0 Å². The minimum Gasteiger partial charge on any atom is -0.465 e. The van der Waals surface area contributed by atoms with Crippen molar-refractivity contribution in [2.45, 2.75) is 25.3 Å². The molecule has 0 amide bonds. The van der Waals surface area contributed by atoms with Crippen molar-refractivity contribution < 1.29 is 9.64 Å². The molecule has 0 aromatic carbocycles. The second-order valence-corrected chi connectivity index (χ2v) is 5.67. The van der Waals surface area contributed by atoms with Crippen LogP contribution in [0.15, 0.2) is 37.2 Å².